The lowest BCUT2D eigenvalue weighted by Crippen LogP contribution is -2.69. The molecule has 1 aliphatic heterocycles. The van der Waals surface area contributed by atoms with Crippen LogP contribution in [0.15, 0.2) is 82.5 Å². The first-order valence-corrected chi connectivity index (χ1v) is 10.7. The number of nitrogens with one attached hydrogen (secondary N) is 1. The van der Waals surface area contributed by atoms with E-state index in [0.29, 0.717) is 11.1 Å². The van der Waals surface area contributed by atoms with Crippen molar-refractivity contribution in [1.82, 2.24) is 9.55 Å². The van der Waals surface area contributed by atoms with Gasteiger partial charge in [0.15, 0.2) is 5.60 Å². The Hall–Kier alpha value is -3.12. The molecule has 4 rings (SSSR count). The van der Waals surface area contributed by atoms with Gasteiger partial charge in [-0.25, -0.2) is 4.79 Å². The standard InChI is InChI=1S/C24H26N2O8/c27-14-19-22(31,16-28)24(32,33-15-18-9-5-2-6-10-18)23(34-19,13-17-7-3-1-4-8-17)26-12-11-20(29)25-21(26)30/h1-12,19,27-28,31-32H,13-16H2,(H,25,29,30)/t19-,22-,23-,24+/m1/s1. The molecule has 10 nitrogen and oxygen atoms in total. The van der Waals surface area contributed by atoms with Crippen LogP contribution in [0.4, 0.5) is 0 Å². The molecular formula is C24H26N2O8. The third-order valence-electron chi connectivity index (χ3n) is 6.18. The normalized spacial score (nSPS) is 28.8. The Balaban J connectivity index is 1.95. The Kier molecular flexibility index (Phi) is 6.54. The number of nitrogens with zero attached hydrogens (tertiary/aromatic N) is 1. The molecule has 0 amide bonds. The van der Waals surface area contributed by atoms with E-state index in [0.717, 1.165) is 16.8 Å². The largest absolute Gasteiger partial charge is 0.394 e. The topological polar surface area (TPSA) is 154 Å². The Morgan fingerprint density at radius 2 is 1.56 bits per heavy atom. The molecule has 2 aromatic carbocycles. The second kappa shape index (κ2) is 9.26. The third kappa shape index (κ3) is 3.80. The van der Waals surface area contributed by atoms with Gasteiger partial charge in [0.2, 0.25) is 5.72 Å². The molecule has 34 heavy (non-hydrogen) atoms. The van der Waals surface area contributed by atoms with Crippen molar-refractivity contribution >= 4 is 0 Å². The molecule has 5 N–H and O–H groups in total. The number of H-pyrrole nitrogens is 1. The van der Waals surface area contributed by atoms with Gasteiger partial charge < -0.3 is 29.9 Å². The zero-order chi connectivity index (χ0) is 24.4. The number of rotatable bonds is 8. The summed E-state index contributed by atoms with van der Waals surface area (Å²) in [5, 5.41) is 43.7. The number of aliphatic hydroxyl groups excluding tert-OH is 2. The lowest BCUT2D eigenvalue weighted by atomic mass is 9.82. The molecule has 0 saturated carbocycles. The van der Waals surface area contributed by atoms with E-state index in [-0.39, 0.29) is 13.0 Å². The monoisotopic (exact) mass is 470 g/mol. The number of benzene rings is 2. The second-order valence-electron chi connectivity index (χ2n) is 8.22. The van der Waals surface area contributed by atoms with Crippen molar-refractivity contribution in [1.29, 1.82) is 0 Å². The van der Waals surface area contributed by atoms with E-state index in [2.05, 4.69) is 4.98 Å². The van der Waals surface area contributed by atoms with E-state index in [1.807, 2.05) is 0 Å². The van der Waals surface area contributed by atoms with Crippen LogP contribution in [0.5, 0.6) is 0 Å². The van der Waals surface area contributed by atoms with Gasteiger partial charge in [-0.1, -0.05) is 60.7 Å². The Bertz CT molecular complexity index is 1230. The van der Waals surface area contributed by atoms with Crippen molar-refractivity contribution in [2.24, 2.45) is 0 Å². The highest BCUT2D eigenvalue weighted by molar-refractivity contribution is 5.23. The van der Waals surface area contributed by atoms with Crippen LogP contribution in [0.1, 0.15) is 11.1 Å². The molecule has 0 spiro atoms. The predicted octanol–water partition coefficient (Wildman–Crippen LogP) is -0.548. The minimum atomic E-state index is -2.75. The molecule has 0 radical (unpaired) electrons. The zero-order valence-corrected chi connectivity index (χ0v) is 18.2. The van der Waals surface area contributed by atoms with Crippen LogP contribution in [-0.2, 0) is 28.2 Å². The quantitative estimate of drug-likeness (QED) is 0.275. The summed E-state index contributed by atoms with van der Waals surface area (Å²) < 4.78 is 12.8. The summed E-state index contributed by atoms with van der Waals surface area (Å²) in [4.78, 5) is 26.8. The minimum absolute atomic E-state index is 0.218. The van der Waals surface area contributed by atoms with Crippen molar-refractivity contribution < 1.29 is 29.9 Å². The molecule has 10 heteroatoms. The third-order valence-corrected chi connectivity index (χ3v) is 6.18. The maximum absolute atomic E-state index is 12.9. The van der Waals surface area contributed by atoms with Gasteiger partial charge in [-0.05, 0) is 11.1 Å². The fourth-order valence-electron chi connectivity index (χ4n) is 4.41. The van der Waals surface area contributed by atoms with Crippen molar-refractivity contribution in [2.45, 2.75) is 36.2 Å². The van der Waals surface area contributed by atoms with Crippen molar-refractivity contribution in [3.05, 3.63) is 105 Å². The van der Waals surface area contributed by atoms with Gasteiger partial charge in [0, 0.05) is 18.7 Å². The lowest BCUT2D eigenvalue weighted by Gasteiger charge is -2.45. The van der Waals surface area contributed by atoms with Gasteiger partial charge >= 0.3 is 5.69 Å². The maximum atomic E-state index is 12.9. The molecule has 0 bridgehead atoms. The lowest BCUT2D eigenvalue weighted by molar-refractivity contribution is -0.354. The van der Waals surface area contributed by atoms with Gasteiger partial charge in [0.05, 0.1) is 19.8 Å². The maximum Gasteiger partial charge on any atom is 0.330 e. The summed E-state index contributed by atoms with van der Waals surface area (Å²) in [6.07, 6.45) is -0.650. The van der Waals surface area contributed by atoms with Crippen LogP contribution < -0.4 is 11.2 Å². The van der Waals surface area contributed by atoms with Gasteiger partial charge in [0.25, 0.3) is 11.3 Å². The number of aromatic amines is 1. The molecule has 2 heterocycles. The van der Waals surface area contributed by atoms with Crippen LogP contribution in [0, 0.1) is 0 Å². The van der Waals surface area contributed by atoms with Crippen LogP contribution in [0.25, 0.3) is 0 Å². The van der Waals surface area contributed by atoms with Crippen LogP contribution in [0.2, 0.25) is 0 Å². The number of hydrogen-bond acceptors (Lipinski definition) is 8. The number of aliphatic hydroxyl groups is 4. The minimum Gasteiger partial charge on any atom is -0.394 e. The smallest absolute Gasteiger partial charge is 0.330 e. The SMILES string of the molecule is O=c1ccn([C@]2(Cc3ccccc3)O[C@H](CO)[C@](O)(CO)[C@]2(O)OCc2ccccc2)c(=O)[nH]1. The average molecular weight is 470 g/mol. The molecule has 180 valence electrons. The molecule has 0 aliphatic carbocycles. The molecule has 1 aliphatic rings. The highest BCUT2D eigenvalue weighted by atomic mass is 16.7. The Labute approximate surface area is 194 Å². The number of aromatic nitrogens is 2. The summed E-state index contributed by atoms with van der Waals surface area (Å²) in [6.45, 7) is -2.09. The van der Waals surface area contributed by atoms with Crippen molar-refractivity contribution in [3.8, 4) is 0 Å². The molecule has 3 aromatic rings. The Morgan fingerprint density at radius 1 is 0.941 bits per heavy atom. The second-order valence-corrected chi connectivity index (χ2v) is 8.22. The van der Waals surface area contributed by atoms with E-state index in [1.54, 1.807) is 60.7 Å². The predicted molar refractivity (Wildman–Crippen MR) is 120 cm³/mol. The highest BCUT2D eigenvalue weighted by Gasteiger charge is 2.75. The van der Waals surface area contributed by atoms with Crippen molar-refractivity contribution in [2.75, 3.05) is 13.2 Å². The van der Waals surface area contributed by atoms with Gasteiger partial charge in [-0.3, -0.25) is 14.3 Å². The molecule has 1 fully saturated rings. The Morgan fingerprint density at radius 3 is 2.12 bits per heavy atom. The van der Waals surface area contributed by atoms with Gasteiger partial charge in [-0.2, -0.15) is 0 Å². The molecule has 1 aromatic heterocycles. The highest BCUT2D eigenvalue weighted by Crippen LogP contribution is 2.52. The fourth-order valence-corrected chi connectivity index (χ4v) is 4.41. The van der Waals surface area contributed by atoms with Crippen LogP contribution in [0.3, 0.4) is 0 Å². The van der Waals surface area contributed by atoms with Crippen LogP contribution in [-0.4, -0.2) is 60.7 Å². The first kappa shape index (κ1) is 24.0. The summed E-state index contributed by atoms with van der Waals surface area (Å²) in [6, 6.07) is 18.5. The number of hydrogen-bond donors (Lipinski definition) is 5. The molecule has 4 atom stereocenters. The van der Waals surface area contributed by atoms with Crippen LogP contribution >= 0.6 is 0 Å². The van der Waals surface area contributed by atoms with E-state index in [4.69, 9.17) is 9.47 Å². The summed E-state index contributed by atoms with van der Waals surface area (Å²) in [7, 11) is 0. The van der Waals surface area contributed by atoms with E-state index in [9.17, 15) is 30.0 Å². The van der Waals surface area contributed by atoms with Gasteiger partial charge in [0.1, 0.15) is 6.10 Å². The zero-order valence-electron chi connectivity index (χ0n) is 18.2. The van der Waals surface area contributed by atoms with Gasteiger partial charge in [-0.15, -0.1) is 0 Å². The average Bonchev–Trinajstić information content (AvgIpc) is 3.03. The summed E-state index contributed by atoms with van der Waals surface area (Å²) in [5.74, 6) is -2.75. The summed E-state index contributed by atoms with van der Waals surface area (Å²) >= 11 is 0. The molecular weight excluding hydrogens is 444 g/mol. The fraction of sp³-hybridized carbons (Fsp3) is 0.333. The molecule has 0 unspecified atom stereocenters. The molecule has 1 saturated heterocycles. The van der Waals surface area contributed by atoms with E-state index in [1.165, 1.54) is 0 Å². The summed E-state index contributed by atoms with van der Waals surface area (Å²) in [5.41, 5.74) is -5.13. The van der Waals surface area contributed by atoms with E-state index < -0.39 is 47.7 Å². The van der Waals surface area contributed by atoms with Crippen molar-refractivity contribution in [3.63, 3.8) is 0 Å². The number of ether oxygens (including phenoxy) is 2. The first-order valence-electron chi connectivity index (χ1n) is 10.7. The van der Waals surface area contributed by atoms with E-state index >= 15 is 0 Å². The first-order chi connectivity index (χ1) is 16.3.